The van der Waals surface area contributed by atoms with Gasteiger partial charge in [-0.3, -0.25) is 14.9 Å². The molecule has 2 rings (SSSR count). The maximum atomic E-state index is 12.5. The normalized spacial score (nSPS) is 19.0. The maximum absolute atomic E-state index is 12.5. The fourth-order valence-corrected chi connectivity index (χ4v) is 2.61. The first kappa shape index (κ1) is 15.4. The molecular formula is C15H21N3O3. The molecular weight excluding hydrogens is 270 g/mol. The minimum Gasteiger partial charge on any atom is -0.326 e. The average Bonchev–Trinajstić information content (AvgIpc) is 2.48. The van der Waals surface area contributed by atoms with Crippen LogP contribution >= 0.6 is 0 Å². The summed E-state index contributed by atoms with van der Waals surface area (Å²) >= 11 is 0. The Labute approximate surface area is 124 Å². The number of rotatable bonds is 4. The summed E-state index contributed by atoms with van der Waals surface area (Å²) in [7, 11) is 0. The van der Waals surface area contributed by atoms with Gasteiger partial charge in [-0.15, -0.1) is 0 Å². The minimum atomic E-state index is -0.477. The first-order valence-corrected chi connectivity index (χ1v) is 7.18. The third-order valence-electron chi connectivity index (χ3n) is 4.24. The van der Waals surface area contributed by atoms with Gasteiger partial charge in [-0.2, -0.15) is 0 Å². The Morgan fingerprint density at radius 2 is 2.05 bits per heavy atom. The Kier molecular flexibility index (Phi) is 4.57. The number of hydrogen-bond acceptors (Lipinski definition) is 4. The van der Waals surface area contributed by atoms with Gasteiger partial charge in [-0.1, -0.05) is 13.8 Å². The molecule has 1 heterocycles. The number of piperidine rings is 1. The number of nitrogens with one attached hydrogen (secondary N) is 2. The van der Waals surface area contributed by atoms with Gasteiger partial charge in [0.25, 0.3) is 5.69 Å². The van der Waals surface area contributed by atoms with Crippen LogP contribution in [-0.4, -0.2) is 23.9 Å². The predicted octanol–water partition coefficient (Wildman–Crippen LogP) is 2.56. The van der Waals surface area contributed by atoms with Gasteiger partial charge in [0.1, 0.15) is 0 Å². The molecule has 1 aromatic carbocycles. The number of nitro benzene ring substituents is 1. The van der Waals surface area contributed by atoms with E-state index in [-0.39, 0.29) is 11.6 Å². The van der Waals surface area contributed by atoms with E-state index in [0.717, 1.165) is 25.9 Å². The lowest BCUT2D eigenvalue weighted by Gasteiger charge is -2.36. The number of amides is 1. The molecule has 21 heavy (non-hydrogen) atoms. The van der Waals surface area contributed by atoms with Crippen LogP contribution < -0.4 is 10.6 Å². The lowest BCUT2D eigenvalue weighted by atomic mass is 9.74. The monoisotopic (exact) mass is 291 g/mol. The molecule has 0 radical (unpaired) electrons. The van der Waals surface area contributed by atoms with E-state index in [1.165, 1.54) is 12.1 Å². The zero-order chi connectivity index (χ0) is 15.5. The average molecular weight is 291 g/mol. The maximum Gasteiger partial charge on any atom is 0.269 e. The van der Waals surface area contributed by atoms with Gasteiger partial charge >= 0.3 is 0 Å². The molecule has 1 amide bonds. The zero-order valence-corrected chi connectivity index (χ0v) is 12.4. The van der Waals surface area contributed by atoms with E-state index in [1.807, 2.05) is 13.8 Å². The van der Waals surface area contributed by atoms with Crippen molar-refractivity contribution in [2.45, 2.75) is 26.7 Å². The van der Waals surface area contributed by atoms with Crippen LogP contribution in [0.3, 0.4) is 0 Å². The van der Waals surface area contributed by atoms with E-state index in [0.29, 0.717) is 11.6 Å². The Hall–Kier alpha value is -1.95. The minimum absolute atomic E-state index is 0.0174. The van der Waals surface area contributed by atoms with Crippen molar-refractivity contribution in [2.75, 3.05) is 18.4 Å². The zero-order valence-electron chi connectivity index (χ0n) is 12.4. The second-order valence-corrected chi connectivity index (χ2v) is 6.02. The lowest BCUT2D eigenvalue weighted by Crippen LogP contribution is -2.44. The summed E-state index contributed by atoms with van der Waals surface area (Å²) in [4.78, 5) is 22.6. The topological polar surface area (TPSA) is 84.3 Å². The van der Waals surface area contributed by atoms with Crippen LogP contribution in [0.2, 0.25) is 0 Å². The molecule has 0 aromatic heterocycles. The molecule has 0 saturated carbocycles. The summed E-state index contributed by atoms with van der Waals surface area (Å²) in [6.45, 7) is 5.76. The van der Waals surface area contributed by atoms with E-state index < -0.39 is 10.3 Å². The fourth-order valence-electron chi connectivity index (χ4n) is 2.61. The summed E-state index contributed by atoms with van der Waals surface area (Å²) in [5.74, 6) is 0.245. The molecule has 6 nitrogen and oxygen atoms in total. The Balaban J connectivity index is 2.03. The van der Waals surface area contributed by atoms with Crippen LogP contribution in [0.1, 0.15) is 26.7 Å². The van der Waals surface area contributed by atoms with Gasteiger partial charge in [0.15, 0.2) is 0 Å². The van der Waals surface area contributed by atoms with E-state index in [1.54, 1.807) is 12.1 Å². The number of non-ortho nitro benzene ring substituents is 1. The largest absolute Gasteiger partial charge is 0.326 e. The van der Waals surface area contributed by atoms with Gasteiger partial charge in [-0.25, -0.2) is 0 Å². The van der Waals surface area contributed by atoms with E-state index >= 15 is 0 Å². The number of nitrogens with zero attached hydrogens (tertiary/aromatic N) is 1. The van der Waals surface area contributed by atoms with E-state index in [2.05, 4.69) is 10.6 Å². The van der Waals surface area contributed by atoms with Crippen LogP contribution in [0.25, 0.3) is 0 Å². The standard InChI is InChI=1S/C15H21N3O3/c1-15(2,11-4-3-9-16-10-11)14(19)17-12-5-7-13(8-6-12)18(20)21/h5-8,11,16H,3-4,9-10H2,1-2H3,(H,17,19). The molecule has 1 fully saturated rings. The van der Waals surface area contributed by atoms with Gasteiger partial charge in [0.2, 0.25) is 5.91 Å². The number of hydrogen-bond donors (Lipinski definition) is 2. The summed E-state index contributed by atoms with van der Waals surface area (Å²) in [6.07, 6.45) is 2.12. The molecule has 0 aliphatic carbocycles. The first-order valence-electron chi connectivity index (χ1n) is 7.18. The highest BCUT2D eigenvalue weighted by atomic mass is 16.6. The van der Waals surface area contributed by atoms with E-state index in [4.69, 9.17) is 0 Å². The highest BCUT2D eigenvalue weighted by molar-refractivity contribution is 5.95. The first-order chi connectivity index (χ1) is 9.91. The molecule has 1 saturated heterocycles. The molecule has 0 spiro atoms. The van der Waals surface area contributed by atoms with Gasteiger partial charge < -0.3 is 10.6 Å². The van der Waals surface area contributed by atoms with Crippen molar-refractivity contribution in [2.24, 2.45) is 11.3 Å². The summed E-state index contributed by atoms with van der Waals surface area (Å²) in [5.41, 5.74) is 0.126. The molecule has 1 aliphatic rings. The molecule has 114 valence electrons. The van der Waals surface area contributed by atoms with Crippen LogP contribution in [0, 0.1) is 21.4 Å². The highest BCUT2D eigenvalue weighted by Gasteiger charge is 2.37. The van der Waals surface area contributed by atoms with Crippen LogP contribution in [0.4, 0.5) is 11.4 Å². The third kappa shape index (κ3) is 3.58. The number of benzene rings is 1. The molecule has 2 N–H and O–H groups in total. The van der Waals surface area contributed by atoms with Crippen molar-refractivity contribution in [1.82, 2.24) is 5.32 Å². The van der Waals surface area contributed by atoms with Crippen molar-refractivity contribution in [3.05, 3.63) is 34.4 Å². The Bertz CT molecular complexity index is 519. The van der Waals surface area contributed by atoms with Crippen LogP contribution in [0.5, 0.6) is 0 Å². The highest BCUT2D eigenvalue weighted by Crippen LogP contribution is 2.33. The molecule has 0 bridgehead atoms. The lowest BCUT2D eigenvalue weighted by molar-refractivity contribution is -0.384. The Morgan fingerprint density at radius 3 is 2.57 bits per heavy atom. The van der Waals surface area contributed by atoms with Crippen LogP contribution in [0.15, 0.2) is 24.3 Å². The van der Waals surface area contributed by atoms with Crippen LogP contribution in [-0.2, 0) is 4.79 Å². The molecule has 1 aliphatic heterocycles. The molecule has 1 unspecified atom stereocenters. The van der Waals surface area contributed by atoms with Crippen molar-refractivity contribution < 1.29 is 9.72 Å². The summed E-state index contributed by atoms with van der Waals surface area (Å²) in [6, 6.07) is 5.91. The molecule has 6 heteroatoms. The van der Waals surface area contributed by atoms with Crippen molar-refractivity contribution >= 4 is 17.3 Å². The Morgan fingerprint density at radius 1 is 1.38 bits per heavy atom. The quantitative estimate of drug-likeness (QED) is 0.659. The SMILES string of the molecule is CC(C)(C(=O)Nc1ccc([N+](=O)[O-])cc1)C1CCCNC1. The molecule has 1 atom stereocenters. The fraction of sp³-hybridized carbons (Fsp3) is 0.533. The van der Waals surface area contributed by atoms with Gasteiger partial charge in [0, 0.05) is 23.2 Å². The smallest absolute Gasteiger partial charge is 0.269 e. The molecule has 1 aromatic rings. The van der Waals surface area contributed by atoms with Crippen molar-refractivity contribution in [3.8, 4) is 0 Å². The van der Waals surface area contributed by atoms with Crippen molar-refractivity contribution in [1.29, 1.82) is 0 Å². The van der Waals surface area contributed by atoms with Crippen molar-refractivity contribution in [3.63, 3.8) is 0 Å². The number of carbonyl (C=O) groups is 1. The third-order valence-corrected chi connectivity index (χ3v) is 4.24. The predicted molar refractivity (Wildman–Crippen MR) is 81.1 cm³/mol. The number of carbonyl (C=O) groups excluding carboxylic acids is 1. The number of anilines is 1. The summed E-state index contributed by atoms with van der Waals surface area (Å²) < 4.78 is 0. The van der Waals surface area contributed by atoms with Gasteiger partial charge in [-0.05, 0) is 44.0 Å². The van der Waals surface area contributed by atoms with Gasteiger partial charge in [0.05, 0.1) is 4.92 Å². The second-order valence-electron chi connectivity index (χ2n) is 6.02. The summed E-state index contributed by atoms with van der Waals surface area (Å²) in [5, 5.41) is 16.8. The number of nitro groups is 1. The second kappa shape index (κ2) is 6.22. The van der Waals surface area contributed by atoms with E-state index in [9.17, 15) is 14.9 Å².